The van der Waals surface area contributed by atoms with Gasteiger partial charge in [0, 0.05) is 5.69 Å². The summed E-state index contributed by atoms with van der Waals surface area (Å²) in [5, 5.41) is 0. The Morgan fingerprint density at radius 3 is 2.29 bits per heavy atom. The van der Waals surface area contributed by atoms with Crippen LogP contribution in [-0.4, -0.2) is 9.55 Å². The molecule has 0 aliphatic heterocycles. The fourth-order valence-corrected chi connectivity index (χ4v) is 1.46. The Labute approximate surface area is 83.2 Å². The monoisotopic (exact) mass is 187 g/mol. The second kappa shape index (κ2) is 3.18. The van der Waals surface area contributed by atoms with Gasteiger partial charge in [-0.15, -0.1) is 0 Å². The van der Waals surface area contributed by atoms with Crippen LogP contribution in [0.25, 0.3) is 5.69 Å². The molecule has 3 heteroatoms. The summed E-state index contributed by atoms with van der Waals surface area (Å²) >= 11 is 0. The number of hydrogen-bond donors (Lipinski definition) is 1. The molecule has 0 bridgehead atoms. The van der Waals surface area contributed by atoms with Crippen LogP contribution < -0.4 is 5.73 Å². The lowest BCUT2D eigenvalue weighted by Gasteiger charge is -2.04. The smallest absolute Gasteiger partial charge is 0.142 e. The molecule has 0 spiro atoms. The maximum absolute atomic E-state index is 5.61. The molecule has 0 amide bonds. The van der Waals surface area contributed by atoms with Gasteiger partial charge in [0.2, 0.25) is 0 Å². The third-order valence-corrected chi connectivity index (χ3v) is 2.21. The van der Waals surface area contributed by atoms with Crippen molar-refractivity contribution < 1.29 is 0 Å². The SMILES string of the molecule is Cc1ccc(-n2cc(N)nc2C)cc1. The van der Waals surface area contributed by atoms with Crippen molar-refractivity contribution in [1.29, 1.82) is 0 Å². The predicted molar refractivity (Wildman–Crippen MR) is 57.5 cm³/mol. The van der Waals surface area contributed by atoms with Crippen LogP contribution in [0, 0.1) is 13.8 Å². The maximum atomic E-state index is 5.61. The van der Waals surface area contributed by atoms with Crippen LogP contribution in [0.5, 0.6) is 0 Å². The van der Waals surface area contributed by atoms with E-state index in [0.717, 1.165) is 11.5 Å². The molecule has 0 aliphatic carbocycles. The molecule has 1 aromatic carbocycles. The first-order valence-corrected chi connectivity index (χ1v) is 4.55. The lowest BCUT2D eigenvalue weighted by molar-refractivity contribution is 0.974. The third-order valence-electron chi connectivity index (χ3n) is 2.21. The number of nitrogen functional groups attached to an aromatic ring is 1. The van der Waals surface area contributed by atoms with Gasteiger partial charge in [0.05, 0.1) is 6.20 Å². The summed E-state index contributed by atoms with van der Waals surface area (Å²) in [6, 6.07) is 8.27. The highest BCUT2D eigenvalue weighted by atomic mass is 15.1. The molecule has 2 aromatic rings. The third kappa shape index (κ3) is 1.48. The van der Waals surface area contributed by atoms with Crippen molar-refractivity contribution in [1.82, 2.24) is 9.55 Å². The molecule has 2 rings (SSSR count). The predicted octanol–water partition coefficient (Wildman–Crippen LogP) is 2.07. The molecule has 3 nitrogen and oxygen atoms in total. The topological polar surface area (TPSA) is 43.8 Å². The van der Waals surface area contributed by atoms with Crippen LogP contribution in [0.4, 0.5) is 5.82 Å². The van der Waals surface area contributed by atoms with Gasteiger partial charge < -0.3 is 10.3 Å². The van der Waals surface area contributed by atoms with Crippen molar-refractivity contribution in [3.8, 4) is 5.69 Å². The average Bonchev–Trinajstić information content (AvgIpc) is 2.47. The minimum Gasteiger partial charge on any atom is -0.382 e. The fraction of sp³-hybridized carbons (Fsp3) is 0.182. The molecular weight excluding hydrogens is 174 g/mol. The zero-order chi connectivity index (χ0) is 10.1. The van der Waals surface area contributed by atoms with Crippen molar-refractivity contribution in [2.24, 2.45) is 0 Å². The van der Waals surface area contributed by atoms with Crippen molar-refractivity contribution in [2.75, 3.05) is 5.73 Å². The number of aryl methyl sites for hydroxylation is 2. The van der Waals surface area contributed by atoms with Gasteiger partial charge in [0.1, 0.15) is 11.6 Å². The van der Waals surface area contributed by atoms with Crippen molar-refractivity contribution in [3.63, 3.8) is 0 Å². The van der Waals surface area contributed by atoms with E-state index in [4.69, 9.17) is 5.73 Å². The van der Waals surface area contributed by atoms with Gasteiger partial charge in [0.25, 0.3) is 0 Å². The summed E-state index contributed by atoms with van der Waals surface area (Å²) in [5.41, 5.74) is 7.96. The first-order valence-electron chi connectivity index (χ1n) is 4.55. The summed E-state index contributed by atoms with van der Waals surface area (Å²) < 4.78 is 1.98. The molecular formula is C11H13N3. The normalized spacial score (nSPS) is 10.4. The Kier molecular flexibility index (Phi) is 2.00. The van der Waals surface area contributed by atoms with Crippen LogP contribution in [0.15, 0.2) is 30.5 Å². The Hall–Kier alpha value is -1.77. The number of nitrogens with zero attached hydrogens (tertiary/aromatic N) is 2. The highest BCUT2D eigenvalue weighted by Gasteiger charge is 2.02. The molecule has 0 radical (unpaired) electrons. The highest BCUT2D eigenvalue weighted by molar-refractivity contribution is 5.39. The number of benzene rings is 1. The Balaban J connectivity index is 2.49. The summed E-state index contributed by atoms with van der Waals surface area (Å²) in [6.45, 7) is 4.01. The molecule has 72 valence electrons. The first kappa shape index (κ1) is 8.81. The van der Waals surface area contributed by atoms with Crippen LogP contribution in [0.3, 0.4) is 0 Å². The van der Waals surface area contributed by atoms with Crippen molar-refractivity contribution >= 4 is 5.82 Å². The largest absolute Gasteiger partial charge is 0.382 e. The van der Waals surface area contributed by atoms with Crippen molar-refractivity contribution in [3.05, 3.63) is 41.9 Å². The molecule has 0 saturated carbocycles. The van der Waals surface area contributed by atoms with E-state index in [2.05, 4.69) is 36.2 Å². The molecule has 1 heterocycles. The van der Waals surface area contributed by atoms with E-state index in [0.29, 0.717) is 5.82 Å². The second-order valence-corrected chi connectivity index (χ2v) is 3.42. The van der Waals surface area contributed by atoms with E-state index in [1.54, 1.807) is 0 Å². The number of rotatable bonds is 1. The second-order valence-electron chi connectivity index (χ2n) is 3.42. The fourth-order valence-electron chi connectivity index (χ4n) is 1.46. The Morgan fingerprint density at radius 2 is 1.79 bits per heavy atom. The van der Waals surface area contributed by atoms with Gasteiger partial charge >= 0.3 is 0 Å². The maximum Gasteiger partial charge on any atom is 0.142 e. The highest BCUT2D eigenvalue weighted by Crippen LogP contribution is 2.13. The molecule has 0 unspecified atom stereocenters. The summed E-state index contributed by atoms with van der Waals surface area (Å²) in [6.07, 6.45) is 1.83. The standard InChI is InChI=1S/C11H13N3/c1-8-3-5-10(6-4-8)14-7-11(12)13-9(14)2/h3-7H,12H2,1-2H3. The van der Waals surface area contributed by atoms with Gasteiger partial charge in [-0.2, -0.15) is 0 Å². The minimum atomic E-state index is 0.558. The lowest BCUT2D eigenvalue weighted by atomic mass is 10.2. The van der Waals surface area contributed by atoms with Crippen LogP contribution in [0.1, 0.15) is 11.4 Å². The summed E-state index contributed by atoms with van der Waals surface area (Å²) in [7, 11) is 0. The van der Waals surface area contributed by atoms with Crippen LogP contribution in [-0.2, 0) is 0 Å². The molecule has 0 atom stereocenters. The van der Waals surface area contributed by atoms with Crippen molar-refractivity contribution in [2.45, 2.75) is 13.8 Å². The van der Waals surface area contributed by atoms with Gasteiger partial charge in [-0.25, -0.2) is 4.98 Å². The molecule has 0 saturated heterocycles. The number of nitrogens with two attached hydrogens (primary N) is 1. The Morgan fingerprint density at radius 1 is 1.14 bits per heavy atom. The molecule has 2 N–H and O–H groups in total. The van der Waals surface area contributed by atoms with E-state index < -0.39 is 0 Å². The first-order chi connectivity index (χ1) is 6.66. The number of hydrogen-bond acceptors (Lipinski definition) is 2. The quantitative estimate of drug-likeness (QED) is 0.742. The molecule has 14 heavy (non-hydrogen) atoms. The van der Waals surface area contributed by atoms with Gasteiger partial charge in [-0.05, 0) is 26.0 Å². The average molecular weight is 187 g/mol. The Bertz CT molecular complexity index is 440. The van der Waals surface area contributed by atoms with Crippen LogP contribution in [0.2, 0.25) is 0 Å². The number of imidazole rings is 1. The van der Waals surface area contributed by atoms with Gasteiger partial charge in [-0.1, -0.05) is 17.7 Å². The van der Waals surface area contributed by atoms with E-state index in [9.17, 15) is 0 Å². The summed E-state index contributed by atoms with van der Waals surface area (Å²) in [5.74, 6) is 1.47. The lowest BCUT2D eigenvalue weighted by Crippen LogP contribution is -1.94. The zero-order valence-corrected chi connectivity index (χ0v) is 8.36. The van der Waals surface area contributed by atoms with E-state index in [1.165, 1.54) is 5.56 Å². The molecule has 0 aliphatic rings. The summed E-state index contributed by atoms with van der Waals surface area (Å²) in [4.78, 5) is 4.15. The number of aromatic nitrogens is 2. The van der Waals surface area contributed by atoms with Crippen LogP contribution >= 0.6 is 0 Å². The van der Waals surface area contributed by atoms with E-state index in [-0.39, 0.29) is 0 Å². The van der Waals surface area contributed by atoms with Gasteiger partial charge in [-0.3, -0.25) is 0 Å². The molecule has 1 aromatic heterocycles. The zero-order valence-electron chi connectivity index (χ0n) is 8.36. The number of anilines is 1. The van der Waals surface area contributed by atoms with E-state index in [1.807, 2.05) is 17.7 Å². The van der Waals surface area contributed by atoms with E-state index >= 15 is 0 Å². The van der Waals surface area contributed by atoms with Gasteiger partial charge in [0.15, 0.2) is 0 Å². The molecule has 0 fully saturated rings. The minimum absolute atomic E-state index is 0.558.